The van der Waals surface area contributed by atoms with Crippen LogP contribution in [0.5, 0.6) is 0 Å². The lowest BCUT2D eigenvalue weighted by atomic mass is 10.1. The summed E-state index contributed by atoms with van der Waals surface area (Å²) in [5.41, 5.74) is 2.60. The predicted molar refractivity (Wildman–Crippen MR) is 80.1 cm³/mol. The van der Waals surface area contributed by atoms with Gasteiger partial charge in [-0.15, -0.1) is 0 Å². The zero-order valence-corrected chi connectivity index (χ0v) is 12.5. The molecule has 1 heterocycles. The highest BCUT2D eigenvalue weighted by atomic mass is 79.9. The molecule has 0 N–H and O–H groups in total. The van der Waals surface area contributed by atoms with Gasteiger partial charge in [0.05, 0.1) is 10.2 Å². The molecule has 0 unspecified atom stereocenters. The maximum atomic E-state index is 12.0. The van der Waals surface area contributed by atoms with Gasteiger partial charge in [-0.2, -0.15) is 5.10 Å². The number of aromatic nitrogens is 2. The van der Waals surface area contributed by atoms with E-state index in [1.54, 1.807) is 12.2 Å². The molecule has 0 saturated carbocycles. The summed E-state index contributed by atoms with van der Waals surface area (Å²) in [6.07, 6.45) is 5.19. The van der Waals surface area contributed by atoms with Crippen molar-refractivity contribution in [3.05, 3.63) is 57.8 Å². The molecule has 1 aromatic carbocycles. The third-order valence-corrected chi connectivity index (χ3v) is 3.41. The van der Waals surface area contributed by atoms with Crippen molar-refractivity contribution in [1.29, 1.82) is 0 Å². The summed E-state index contributed by atoms with van der Waals surface area (Å²) in [6.45, 7) is 4.82. The van der Waals surface area contributed by atoms with Crippen molar-refractivity contribution in [1.82, 2.24) is 9.78 Å². The molecule has 0 aliphatic rings. The van der Waals surface area contributed by atoms with E-state index in [0.29, 0.717) is 5.56 Å². The minimum absolute atomic E-state index is 0.0158. The number of ketones is 1. The van der Waals surface area contributed by atoms with Gasteiger partial charge >= 0.3 is 0 Å². The van der Waals surface area contributed by atoms with Crippen molar-refractivity contribution in [2.75, 3.05) is 0 Å². The largest absolute Gasteiger partial charge is 0.289 e. The Balaban J connectivity index is 2.15. The molecule has 0 aliphatic carbocycles. The summed E-state index contributed by atoms with van der Waals surface area (Å²) in [7, 11) is 0. The molecule has 98 valence electrons. The van der Waals surface area contributed by atoms with Gasteiger partial charge in [-0.25, -0.2) is 0 Å². The molecular formula is C15H15BrN2O. The Hall–Kier alpha value is -1.68. The number of hydrogen-bond acceptors (Lipinski definition) is 2. The Kier molecular flexibility index (Phi) is 4.32. The van der Waals surface area contributed by atoms with Crippen molar-refractivity contribution < 1.29 is 4.79 Å². The number of benzene rings is 1. The van der Waals surface area contributed by atoms with Gasteiger partial charge in [0.15, 0.2) is 5.78 Å². The number of carbonyl (C=O) groups is 1. The number of halogens is 1. The van der Waals surface area contributed by atoms with Gasteiger partial charge in [0.1, 0.15) is 0 Å². The van der Waals surface area contributed by atoms with Crippen LogP contribution in [0.2, 0.25) is 0 Å². The van der Waals surface area contributed by atoms with Crippen LogP contribution in [0.3, 0.4) is 0 Å². The lowest BCUT2D eigenvalue weighted by molar-refractivity contribution is 0.104. The van der Waals surface area contributed by atoms with Crippen molar-refractivity contribution in [2.24, 2.45) is 0 Å². The van der Waals surface area contributed by atoms with E-state index in [2.05, 4.69) is 21.0 Å². The minimum atomic E-state index is -0.0158. The van der Waals surface area contributed by atoms with Crippen LogP contribution in [0.25, 0.3) is 6.08 Å². The smallest absolute Gasteiger partial charge is 0.185 e. The third kappa shape index (κ3) is 3.41. The number of hydrogen-bond donors (Lipinski definition) is 0. The minimum Gasteiger partial charge on any atom is -0.289 e. The quantitative estimate of drug-likeness (QED) is 0.633. The highest BCUT2D eigenvalue weighted by Gasteiger charge is 2.04. The lowest BCUT2D eigenvalue weighted by Crippen LogP contribution is -1.95. The van der Waals surface area contributed by atoms with E-state index in [0.717, 1.165) is 22.3 Å². The maximum Gasteiger partial charge on any atom is 0.185 e. The van der Waals surface area contributed by atoms with Crippen LogP contribution in [0, 0.1) is 6.92 Å². The van der Waals surface area contributed by atoms with Gasteiger partial charge in [0, 0.05) is 18.3 Å². The Morgan fingerprint density at radius 2 is 2.05 bits per heavy atom. The molecule has 0 amide bonds. The first-order valence-electron chi connectivity index (χ1n) is 6.12. The molecule has 3 nitrogen and oxygen atoms in total. The monoisotopic (exact) mass is 318 g/mol. The fourth-order valence-electron chi connectivity index (χ4n) is 1.66. The zero-order valence-electron chi connectivity index (χ0n) is 10.9. The summed E-state index contributed by atoms with van der Waals surface area (Å²) in [6, 6.07) is 7.54. The normalized spacial score (nSPS) is 11.1. The van der Waals surface area contributed by atoms with Crippen molar-refractivity contribution >= 4 is 27.8 Å². The number of nitrogens with zero attached hydrogens (tertiary/aromatic N) is 2. The van der Waals surface area contributed by atoms with Gasteiger partial charge < -0.3 is 0 Å². The zero-order chi connectivity index (χ0) is 13.8. The molecule has 0 radical (unpaired) electrons. The van der Waals surface area contributed by atoms with Crippen LogP contribution in [0.1, 0.15) is 28.5 Å². The topological polar surface area (TPSA) is 34.9 Å². The SMILES string of the molecule is CCn1cc(Br)c(/C=C/C(=O)c2ccc(C)cc2)n1. The predicted octanol–water partition coefficient (Wildman–Crippen LogP) is 3.87. The van der Waals surface area contributed by atoms with E-state index in [1.807, 2.05) is 49.0 Å². The van der Waals surface area contributed by atoms with E-state index in [4.69, 9.17) is 0 Å². The summed E-state index contributed by atoms with van der Waals surface area (Å²) in [5.74, 6) is -0.0158. The molecule has 0 atom stereocenters. The fourth-order valence-corrected chi connectivity index (χ4v) is 2.10. The standard InChI is InChI=1S/C15H15BrN2O/c1-3-18-10-13(16)14(17-18)8-9-15(19)12-6-4-11(2)5-7-12/h4-10H,3H2,1-2H3/b9-8+. The van der Waals surface area contributed by atoms with E-state index in [1.165, 1.54) is 0 Å². The highest BCUT2D eigenvalue weighted by Crippen LogP contribution is 2.16. The number of rotatable bonds is 4. The van der Waals surface area contributed by atoms with E-state index in [-0.39, 0.29) is 5.78 Å². The summed E-state index contributed by atoms with van der Waals surface area (Å²) >= 11 is 3.43. The number of carbonyl (C=O) groups excluding carboxylic acids is 1. The first-order valence-corrected chi connectivity index (χ1v) is 6.91. The van der Waals surface area contributed by atoms with Crippen molar-refractivity contribution in [3.8, 4) is 0 Å². The van der Waals surface area contributed by atoms with Crippen LogP contribution in [0.4, 0.5) is 0 Å². The van der Waals surface area contributed by atoms with Gasteiger partial charge in [0.25, 0.3) is 0 Å². The molecule has 0 bridgehead atoms. The van der Waals surface area contributed by atoms with Crippen LogP contribution in [0.15, 0.2) is 41.0 Å². The van der Waals surface area contributed by atoms with Crippen molar-refractivity contribution in [3.63, 3.8) is 0 Å². The molecule has 19 heavy (non-hydrogen) atoms. The van der Waals surface area contributed by atoms with Crippen molar-refractivity contribution in [2.45, 2.75) is 20.4 Å². The van der Waals surface area contributed by atoms with Crippen LogP contribution in [-0.4, -0.2) is 15.6 Å². The second-order valence-electron chi connectivity index (χ2n) is 4.28. The molecular weight excluding hydrogens is 304 g/mol. The Labute approximate surface area is 121 Å². The maximum absolute atomic E-state index is 12.0. The molecule has 0 saturated heterocycles. The Morgan fingerprint density at radius 3 is 2.63 bits per heavy atom. The summed E-state index contributed by atoms with van der Waals surface area (Å²) < 4.78 is 2.71. The molecule has 1 aromatic heterocycles. The van der Waals surface area contributed by atoms with Crippen LogP contribution < -0.4 is 0 Å². The Morgan fingerprint density at radius 1 is 1.37 bits per heavy atom. The second-order valence-corrected chi connectivity index (χ2v) is 5.14. The lowest BCUT2D eigenvalue weighted by Gasteiger charge is -1.96. The highest BCUT2D eigenvalue weighted by molar-refractivity contribution is 9.10. The second kappa shape index (κ2) is 5.97. The summed E-state index contributed by atoms with van der Waals surface area (Å²) in [5, 5.41) is 4.34. The summed E-state index contributed by atoms with van der Waals surface area (Å²) in [4.78, 5) is 12.0. The third-order valence-electron chi connectivity index (χ3n) is 2.80. The average Bonchev–Trinajstić information content (AvgIpc) is 2.77. The fraction of sp³-hybridized carbons (Fsp3) is 0.200. The van der Waals surface area contributed by atoms with Gasteiger partial charge in [0.2, 0.25) is 0 Å². The first kappa shape index (κ1) is 13.7. The molecule has 2 aromatic rings. The van der Waals surface area contributed by atoms with Gasteiger partial charge in [-0.3, -0.25) is 9.48 Å². The number of allylic oxidation sites excluding steroid dienone is 1. The average molecular weight is 319 g/mol. The van der Waals surface area contributed by atoms with Crippen LogP contribution >= 0.6 is 15.9 Å². The molecule has 0 spiro atoms. The van der Waals surface area contributed by atoms with Gasteiger partial charge in [-0.05, 0) is 41.9 Å². The van der Waals surface area contributed by atoms with E-state index >= 15 is 0 Å². The number of aryl methyl sites for hydroxylation is 2. The molecule has 4 heteroatoms. The molecule has 2 rings (SSSR count). The molecule has 0 aliphatic heterocycles. The first-order chi connectivity index (χ1) is 9.10. The molecule has 0 fully saturated rings. The van der Waals surface area contributed by atoms with E-state index in [9.17, 15) is 4.79 Å². The van der Waals surface area contributed by atoms with Gasteiger partial charge in [-0.1, -0.05) is 29.8 Å². The Bertz CT molecular complexity index is 612. The van der Waals surface area contributed by atoms with Crippen LogP contribution in [-0.2, 0) is 6.54 Å². The van der Waals surface area contributed by atoms with E-state index < -0.39 is 0 Å².